The van der Waals surface area contributed by atoms with Gasteiger partial charge >= 0.3 is 0 Å². The minimum Gasteiger partial charge on any atom is -0.496 e. The van der Waals surface area contributed by atoms with Gasteiger partial charge < -0.3 is 14.6 Å². The molecular formula is C19H20O3. The van der Waals surface area contributed by atoms with Gasteiger partial charge in [-0.1, -0.05) is 30.3 Å². The van der Waals surface area contributed by atoms with Crippen molar-refractivity contribution >= 4 is 6.08 Å². The standard InChI is InChI=1S/C19H20O3/c1-21-18-10-15(8-7-14-5-3-2-4-6-14)11-19-17(18)9-16(12-20)13-22-19/h2-6,9-11,20H,7-8,12-13H2,1H3. The van der Waals surface area contributed by atoms with Gasteiger partial charge in [0.25, 0.3) is 0 Å². The van der Waals surface area contributed by atoms with E-state index in [0.717, 1.165) is 35.5 Å². The first-order valence-electron chi connectivity index (χ1n) is 7.48. The summed E-state index contributed by atoms with van der Waals surface area (Å²) in [5.74, 6) is 1.63. The highest BCUT2D eigenvalue weighted by Gasteiger charge is 2.16. The number of ether oxygens (including phenoxy) is 2. The van der Waals surface area contributed by atoms with Gasteiger partial charge in [-0.3, -0.25) is 0 Å². The zero-order valence-electron chi connectivity index (χ0n) is 12.7. The van der Waals surface area contributed by atoms with Crippen molar-refractivity contribution in [2.24, 2.45) is 0 Å². The molecule has 2 aromatic rings. The van der Waals surface area contributed by atoms with E-state index in [1.165, 1.54) is 11.1 Å². The Hall–Kier alpha value is -2.26. The predicted octanol–water partition coefficient (Wildman–Crippen LogP) is 3.25. The number of aliphatic hydroxyl groups excluding tert-OH is 1. The lowest BCUT2D eigenvalue weighted by atomic mass is 9.99. The molecule has 0 unspecified atom stereocenters. The number of methoxy groups -OCH3 is 1. The molecular weight excluding hydrogens is 276 g/mol. The molecule has 0 amide bonds. The van der Waals surface area contributed by atoms with Gasteiger partial charge in [-0.15, -0.1) is 0 Å². The highest BCUT2D eigenvalue weighted by atomic mass is 16.5. The van der Waals surface area contributed by atoms with Gasteiger partial charge in [-0.05, 0) is 47.8 Å². The lowest BCUT2D eigenvalue weighted by Crippen LogP contribution is -2.11. The summed E-state index contributed by atoms with van der Waals surface area (Å²) in [5, 5.41) is 9.26. The smallest absolute Gasteiger partial charge is 0.131 e. The Bertz CT molecular complexity index is 675. The maximum absolute atomic E-state index is 9.26. The fraction of sp³-hybridized carbons (Fsp3) is 0.263. The molecule has 114 valence electrons. The van der Waals surface area contributed by atoms with Crippen molar-refractivity contribution in [3.8, 4) is 11.5 Å². The summed E-state index contributed by atoms with van der Waals surface area (Å²) in [6.07, 6.45) is 3.88. The third-order valence-electron chi connectivity index (χ3n) is 3.89. The van der Waals surface area contributed by atoms with Gasteiger partial charge in [0.1, 0.15) is 18.1 Å². The van der Waals surface area contributed by atoms with Crippen LogP contribution in [0.15, 0.2) is 48.0 Å². The van der Waals surface area contributed by atoms with Crippen LogP contribution in [-0.4, -0.2) is 25.4 Å². The number of rotatable bonds is 5. The summed E-state index contributed by atoms with van der Waals surface area (Å²) >= 11 is 0. The maximum atomic E-state index is 9.26. The van der Waals surface area contributed by atoms with Crippen LogP contribution in [0.3, 0.4) is 0 Å². The molecule has 1 aliphatic heterocycles. The number of hydrogen-bond acceptors (Lipinski definition) is 3. The molecule has 0 saturated heterocycles. The quantitative estimate of drug-likeness (QED) is 0.920. The Balaban J connectivity index is 1.84. The summed E-state index contributed by atoms with van der Waals surface area (Å²) in [7, 11) is 1.66. The number of hydrogen-bond donors (Lipinski definition) is 1. The van der Waals surface area contributed by atoms with E-state index in [-0.39, 0.29) is 6.61 Å². The predicted molar refractivity (Wildman–Crippen MR) is 87.4 cm³/mol. The second-order valence-electron chi connectivity index (χ2n) is 5.44. The molecule has 3 heteroatoms. The van der Waals surface area contributed by atoms with Crippen molar-refractivity contribution in [2.45, 2.75) is 12.8 Å². The average Bonchev–Trinajstić information content (AvgIpc) is 2.59. The molecule has 1 heterocycles. The second kappa shape index (κ2) is 6.67. The van der Waals surface area contributed by atoms with Gasteiger partial charge in [0, 0.05) is 0 Å². The van der Waals surface area contributed by atoms with Crippen LogP contribution in [0.25, 0.3) is 6.08 Å². The summed E-state index contributed by atoms with van der Waals surface area (Å²) in [6.45, 7) is 0.452. The number of aryl methyl sites for hydroxylation is 2. The molecule has 0 spiro atoms. The Morgan fingerprint density at radius 3 is 2.59 bits per heavy atom. The largest absolute Gasteiger partial charge is 0.496 e. The van der Waals surface area contributed by atoms with Gasteiger partial charge in [-0.2, -0.15) is 0 Å². The Labute approximate surface area is 130 Å². The summed E-state index contributed by atoms with van der Waals surface area (Å²) in [6, 6.07) is 14.6. The molecule has 0 saturated carbocycles. The van der Waals surface area contributed by atoms with E-state index in [2.05, 4.69) is 36.4 Å². The molecule has 0 radical (unpaired) electrons. The highest BCUT2D eigenvalue weighted by molar-refractivity contribution is 5.69. The van der Waals surface area contributed by atoms with Crippen LogP contribution >= 0.6 is 0 Å². The van der Waals surface area contributed by atoms with Gasteiger partial charge in [0.2, 0.25) is 0 Å². The summed E-state index contributed by atoms with van der Waals surface area (Å²) in [5.41, 5.74) is 4.30. The second-order valence-corrected chi connectivity index (χ2v) is 5.44. The van der Waals surface area contributed by atoms with Crippen molar-refractivity contribution < 1.29 is 14.6 Å². The minimum absolute atomic E-state index is 0.0123. The summed E-state index contributed by atoms with van der Waals surface area (Å²) in [4.78, 5) is 0. The zero-order chi connectivity index (χ0) is 15.4. The topological polar surface area (TPSA) is 38.7 Å². The minimum atomic E-state index is 0.0123. The average molecular weight is 296 g/mol. The van der Waals surface area contributed by atoms with Crippen LogP contribution in [0.2, 0.25) is 0 Å². The zero-order valence-corrected chi connectivity index (χ0v) is 12.7. The van der Waals surface area contributed by atoms with Crippen LogP contribution in [0, 0.1) is 0 Å². The molecule has 22 heavy (non-hydrogen) atoms. The van der Waals surface area contributed by atoms with Crippen molar-refractivity contribution in [2.75, 3.05) is 20.3 Å². The molecule has 1 N–H and O–H groups in total. The van der Waals surface area contributed by atoms with Gasteiger partial charge in [0.15, 0.2) is 0 Å². The fourth-order valence-electron chi connectivity index (χ4n) is 2.67. The molecule has 0 bridgehead atoms. The Kier molecular flexibility index (Phi) is 4.45. The van der Waals surface area contributed by atoms with Crippen LogP contribution in [0.1, 0.15) is 16.7 Å². The molecule has 2 aromatic carbocycles. The third-order valence-corrected chi connectivity index (χ3v) is 3.89. The van der Waals surface area contributed by atoms with Gasteiger partial charge in [0.05, 0.1) is 19.3 Å². The van der Waals surface area contributed by atoms with E-state index in [0.29, 0.717) is 6.61 Å². The van der Waals surface area contributed by atoms with Crippen LogP contribution < -0.4 is 9.47 Å². The lowest BCUT2D eigenvalue weighted by molar-refractivity contribution is 0.284. The number of fused-ring (bicyclic) bond motifs is 1. The van der Waals surface area contributed by atoms with E-state index in [1.807, 2.05) is 12.1 Å². The number of aliphatic hydroxyl groups is 1. The molecule has 1 aliphatic rings. The molecule has 0 fully saturated rings. The Morgan fingerprint density at radius 2 is 1.86 bits per heavy atom. The van der Waals surface area contributed by atoms with Crippen molar-refractivity contribution in [1.82, 2.24) is 0 Å². The monoisotopic (exact) mass is 296 g/mol. The van der Waals surface area contributed by atoms with Gasteiger partial charge in [-0.25, -0.2) is 0 Å². The first-order valence-corrected chi connectivity index (χ1v) is 7.48. The first kappa shape index (κ1) is 14.7. The highest BCUT2D eigenvalue weighted by Crippen LogP contribution is 2.35. The molecule has 0 atom stereocenters. The lowest BCUT2D eigenvalue weighted by Gasteiger charge is -2.20. The van der Waals surface area contributed by atoms with E-state index < -0.39 is 0 Å². The first-order chi connectivity index (χ1) is 10.8. The van der Waals surface area contributed by atoms with Crippen molar-refractivity contribution in [3.05, 3.63) is 64.7 Å². The number of benzene rings is 2. The van der Waals surface area contributed by atoms with Crippen molar-refractivity contribution in [1.29, 1.82) is 0 Å². The van der Waals surface area contributed by atoms with E-state index in [4.69, 9.17) is 9.47 Å². The molecule has 0 aliphatic carbocycles. The van der Waals surface area contributed by atoms with E-state index in [1.54, 1.807) is 7.11 Å². The SMILES string of the molecule is COc1cc(CCc2ccccc2)cc2c1C=C(CO)CO2. The van der Waals surface area contributed by atoms with E-state index in [9.17, 15) is 5.11 Å². The summed E-state index contributed by atoms with van der Waals surface area (Å²) < 4.78 is 11.2. The molecule has 0 aromatic heterocycles. The molecule has 3 nitrogen and oxygen atoms in total. The van der Waals surface area contributed by atoms with Crippen LogP contribution in [0.5, 0.6) is 11.5 Å². The van der Waals surface area contributed by atoms with Crippen molar-refractivity contribution in [3.63, 3.8) is 0 Å². The van der Waals surface area contributed by atoms with E-state index >= 15 is 0 Å². The normalized spacial score (nSPS) is 13.1. The van der Waals surface area contributed by atoms with Crippen LogP contribution in [0.4, 0.5) is 0 Å². The third kappa shape index (κ3) is 3.15. The molecule has 3 rings (SSSR count). The fourth-order valence-corrected chi connectivity index (χ4v) is 2.67. The maximum Gasteiger partial charge on any atom is 0.131 e. The van der Waals surface area contributed by atoms with Crippen LogP contribution in [-0.2, 0) is 12.8 Å². The Morgan fingerprint density at radius 1 is 1.09 bits per heavy atom.